The Morgan fingerprint density at radius 2 is 0.462 bits per heavy atom. The van der Waals surface area contributed by atoms with Gasteiger partial charge in [-0.25, -0.2) is 0 Å². The minimum Gasteiger partial charge on any atom is -0.354 e. The summed E-state index contributed by atoms with van der Waals surface area (Å²) in [6, 6.07) is 94.5. The molecule has 5 heterocycles. The molecule has 4 aromatic heterocycles. The van der Waals surface area contributed by atoms with Gasteiger partial charge in [-0.1, -0.05) is 193 Å². The Balaban J connectivity index is 0.883. The fourth-order valence-corrected chi connectivity index (χ4v) is 14.6. The zero-order chi connectivity index (χ0) is 71.9. The summed E-state index contributed by atoms with van der Waals surface area (Å²) in [4.78, 5) is 21.2. The molecule has 0 aliphatic carbocycles. The van der Waals surface area contributed by atoms with E-state index in [2.05, 4.69) is 366 Å². The van der Waals surface area contributed by atoms with Crippen molar-refractivity contribution < 1.29 is 0 Å². The Morgan fingerprint density at radius 1 is 0.240 bits per heavy atom. The van der Waals surface area contributed by atoms with Crippen molar-refractivity contribution in [1.29, 1.82) is 10.5 Å². The fraction of sp³-hybridized carbons (Fsp3) is 0.104. The van der Waals surface area contributed by atoms with Crippen LogP contribution in [-0.2, 0) is 0 Å². The molecule has 0 unspecified atom stereocenters. The van der Waals surface area contributed by atoms with E-state index < -0.39 is 0 Å². The number of H-pyrrole nitrogens is 4. The lowest BCUT2D eigenvalue weighted by molar-refractivity contribution is 1.17. The van der Waals surface area contributed by atoms with E-state index in [1.165, 1.54) is 11.1 Å². The maximum Gasteiger partial charge on any atom is 0.0991 e. The van der Waals surface area contributed by atoms with Gasteiger partial charge in [0.15, 0.2) is 0 Å². The van der Waals surface area contributed by atoms with E-state index >= 15 is 0 Å². The lowest BCUT2D eigenvalue weighted by Crippen LogP contribution is -2.21. The SMILES string of the molecule is Cc1ccc(N(c2ccccc2)c2ccc(C=Cc3ccc(C4=c5[nH]c(c(C)c5C)=C(c5ccc(C#N)cc5)c5[nH]c(c(C)c5C)C(c5ccc(C=Cc6ccc(N(c7ccccc7)c7ccc(C)cc7)cc6)cc5)=c5[nH]c(c(C)c5C)=C(c5ccc(C#N)cc5)c5[nH]c4c(C)c5C)cc3)cc2)cc1. The van der Waals surface area contributed by atoms with Crippen molar-refractivity contribution in [2.24, 2.45) is 0 Å². The van der Waals surface area contributed by atoms with Gasteiger partial charge in [0.05, 0.1) is 67.4 Å². The van der Waals surface area contributed by atoms with E-state index in [0.717, 1.165) is 190 Å². The summed E-state index contributed by atoms with van der Waals surface area (Å²) in [7, 11) is 0. The minimum atomic E-state index is 0.591. The van der Waals surface area contributed by atoms with Crippen molar-refractivity contribution in [3.05, 3.63) is 410 Å². The Hall–Kier alpha value is -13.1. The number of hydrogen-bond donors (Lipinski definition) is 4. The number of nitriles is 2. The Morgan fingerprint density at radius 3 is 0.712 bits per heavy atom. The van der Waals surface area contributed by atoms with Gasteiger partial charge in [-0.3, -0.25) is 0 Å². The third-order valence-electron chi connectivity index (χ3n) is 21.1. The Labute approximate surface area is 608 Å². The molecule has 0 atom stereocenters. The average Bonchev–Trinajstić information content (AvgIpc) is 1.57. The third-order valence-corrected chi connectivity index (χ3v) is 21.1. The summed E-state index contributed by atoms with van der Waals surface area (Å²) in [5.74, 6) is 0. The van der Waals surface area contributed by atoms with Crippen molar-refractivity contribution in [3.63, 3.8) is 0 Å². The second-order valence-corrected chi connectivity index (χ2v) is 27.5. The molecule has 504 valence electrons. The predicted octanol–water partition coefficient (Wildman–Crippen LogP) is 20.4. The monoisotopic (exact) mass is 1340 g/mol. The third kappa shape index (κ3) is 12.7. The molecule has 0 radical (unpaired) electrons. The zero-order valence-electron chi connectivity index (χ0n) is 60.3. The van der Waals surface area contributed by atoms with Crippen LogP contribution in [0.15, 0.2) is 255 Å². The number of rotatable bonds is 14. The standard InChI is InChI=1S/C96H80N8/c1-59-21-49-81(50-22-59)103(79-17-13-11-14-18-79)83-53-37-71(38-54-83)27-25-69-29-41-75(42-30-69)85-89-61(3)65(7)93(99-89)87(77-45-33-73(57-97)34-46-77)95-67(9)63(5)91(101-95)86(92-64(6)68(10)96(102-92)88(78-47-35-74(58-98)36-48-78)94-66(8)62(4)90(85)100-94)76-43-31-70(32-44-76)26-28-72-39-55-84(56-40-72)104(80-19-15-12-16-20-80)82-51-23-60(2)24-52-82/h11-56,99-102H,1-10H3. The summed E-state index contributed by atoms with van der Waals surface area (Å²) in [5.41, 5.74) is 35.5. The molecule has 4 N–H and O–H groups in total. The van der Waals surface area contributed by atoms with E-state index in [-0.39, 0.29) is 0 Å². The molecule has 1 aliphatic rings. The molecule has 104 heavy (non-hydrogen) atoms. The summed E-state index contributed by atoms with van der Waals surface area (Å²) < 4.78 is 0. The van der Waals surface area contributed by atoms with Crippen LogP contribution in [0.4, 0.5) is 34.1 Å². The van der Waals surface area contributed by atoms with E-state index in [1.54, 1.807) is 0 Å². The normalized spacial score (nSPS) is 12.2. The van der Waals surface area contributed by atoms with Crippen molar-refractivity contribution in [2.75, 3.05) is 9.80 Å². The van der Waals surface area contributed by atoms with Gasteiger partial charge in [0.2, 0.25) is 0 Å². The first kappa shape index (κ1) is 66.7. The summed E-state index contributed by atoms with van der Waals surface area (Å²) >= 11 is 0. The molecular weight excluding hydrogens is 1270 g/mol. The topological polar surface area (TPSA) is 117 Å². The van der Waals surface area contributed by atoms with Gasteiger partial charge in [-0.15, -0.1) is 0 Å². The maximum atomic E-state index is 10.2. The highest BCUT2D eigenvalue weighted by Gasteiger charge is 2.28. The predicted molar refractivity (Wildman–Crippen MR) is 431 cm³/mol. The molecule has 0 saturated heterocycles. The highest BCUT2D eigenvalue weighted by molar-refractivity contribution is 5.90. The molecule has 10 aromatic carbocycles. The summed E-state index contributed by atoms with van der Waals surface area (Å²) in [6.45, 7) is 22.1. The number of fused-ring (bicyclic) bond motifs is 8. The van der Waals surface area contributed by atoms with E-state index in [4.69, 9.17) is 0 Å². The lowest BCUT2D eigenvalue weighted by atomic mass is 9.94. The Kier molecular flexibility index (Phi) is 18.0. The average molecular weight is 1350 g/mol. The van der Waals surface area contributed by atoms with Gasteiger partial charge in [-0.05, 0) is 255 Å². The van der Waals surface area contributed by atoms with E-state index in [0.29, 0.717) is 11.1 Å². The second-order valence-electron chi connectivity index (χ2n) is 27.5. The molecule has 0 saturated carbocycles. The smallest absolute Gasteiger partial charge is 0.0991 e. The van der Waals surface area contributed by atoms with Gasteiger partial charge in [0.25, 0.3) is 0 Å². The first-order chi connectivity index (χ1) is 50.6. The molecule has 0 spiro atoms. The largest absolute Gasteiger partial charge is 0.354 e. The first-order valence-corrected chi connectivity index (χ1v) is 35.5. The molecule has 14 aromatic rings. The highest BCUT2D eigenvalue weighted by atomic mass is 15.1. The zero-order valence-corrected chi connectivity index (χ0v) is 60.3. The minimum absolute atomic E-state index is 0.591. The number of anilines is 6. The van der Waals surface area contributed by atoms with Gasteiger partial charge < -0.3 is 29.7 Å². The van der Waals surface area contributed by atoms with E-state index in [1.807, 2.05) is 24.3 Å². The van der Waals surface area contributed by atoms with Crippen molar-refractivity contribution in [1.82, 2.24) is 19.9 Å². The van der Waals surface area contributed by atoms with Crippen LogP contribution in [0.5, 0.6) is 0 Å². The Bertz CT molecular complexity index is 5630. The number of nitrogens with one attached hydrogen (secondary N) is 4. The van der Waals surface area contributed by atoms with Crippen molar-refractivity contribution >= 4 is 80.7 Å². The summed E-state index contributed by atoms with van der Waals surface area (Å²) in [6.07, 6.45) is 8.74. The lowest BCUT2D eigenvalue weighted by Gasteiger charge is -2.25. The highest BCUT2D eigenvalue weighted by Crippen LogP contribution is 2.40. The van der Waals surface area contributed by atoms with Gasteiger partial charge in [-0.2, -0.15) is 10.5 Å². The molecule has 0 amide bonds. The number of aryl methyl sites for hydroxylation is 2. The van der Waals surface area contributed by atoms with Gasteiger partial charge in [0.1, 0.15) is 0 Å². The van der Waals surface area contributed by atoms with Crippen LogP contribution in [0.25, 0.3) is 46.6 Å². The maximum absolute atomic E-state index is 10.2. The molecule has 8 nitrogen and oxygen atoms in total. The fourth-order valence-electron chi connectivity index (χ4n) is 14.6. The van der Waals surface area contributed by atoms with Crippen LogP contribution in [0.1, 0.15) is 134 Å². The van der Waals surface area contributed by atoms with Crippen molar-refractivity contribution in [3.8, 4) is 12.1 Å². The van der Waals surface area contributed by atoms with Crippen LogP contribution in [0, 0.1) is 91.9 Å². The number of benzene rings is 10. The number of aromatic amines is 4. The van der Waals surface area contributed by atoms with Crippen LogP contribution < -0.4 is 31.2 Å². The van der Waals surface area contributed by atoms with Crippen LogP contribution in [0.2, 0.25) is 0 Å². The molecule has 8 bridgehead atoms. The number of nitrogens with zero attached hydrogens (tertiary/aromatic N) is 4. The second kappa shape index (κ2) is 28.1. The number of aromatic nitrogens is 4. The van der Waals surface area contributed by atoms with Crippen LogP contribution in [-0.4, -0.2) is 19.9 Å². The van der Waals surface area contributed by atoms with Crippen LogP contribution >= 0.6 is 0 Å². The first-order valence-electron chi connectivity index (χ1n) is 35.5. The van der Waals surface area contributed by atoms with Crippen molar-refractivity contribution in [2.45, 2.75) is 69.2 Å². The van der Waals surface area contributed by atoms with Crippen LogP contribution in [0.3, 0.4) is 0 Å². The van der Waals surface area contributed by atoms with E-state index in [9.17, 15) is 10.5 Å². The molecular formula is C96H80N8. The molecule has 8 heteroatoms. The molecule has 15 rings (SSSR count). The van der Waals surface area contributed by atoms with Gasteiger partial charge in [0, 0.05) is 56.4 Å². The molecule has 0 fully saturated rings. The quantitative estimate of drug-likeness (QED) is 0.0812. The summed E-state index contributed by atoms with van der Waals surface area (Å²) in [5, 5.41) is 24.3. The number of hydrogen-bond acceptors (Lipinski definition) is 4. The van der Waals surface area contributed by atoms with Gasteiger partial charge >= 0.3 is 0 Å². The molecule has 1 aliphatic heterocycles. The number of para-hydroxylation sites is 2.